The van der Waals surface area contributed by atoms with Crippen LogP contribution in [0.15, 0.2) is 101 Å². The van der Waals surface area contributed by atoms with Crippen molar-refractivity contribution in [2.75, 3.05) is 20.9 Å². The Labute approximate surface area is 247 Å². The molecule has 0 bridgehead atoms. The van der Waals surface area contributed by atoms with E-state index in [4.69, 9.17) is 34.8 Å². The lowest BCUT2D eigenvalue weighted by Crippen LogP contribution is -2.38. The number of nitrogens with zero attached hydrogens (tertiary/aromatic N) is 1. The first-order chi connectivity index (χ1) is 18.9. The van der Waals surface area contributed by atoms with Gasteiger partial charge in [-0.3, -0.25) is 13.8 Å². The molecule has 4 rings (SSSR count). The summed E-state index contributed by atoms with van der Waals surface area (Å²) >= 11 is 18.1. The van der Waals surface area contributed by atoms with Crippen LogP contribution in [0.25, 0.3) is 0 Å². The van der Waals surface area contributed by atoms with Crippen molar-refractivity contribution in [2.24, 2.45) is 0 Å². The molecule has 13 heteroatoms. The average Bonchev–Trinajstić information content (AvgIpc) is 2.91. The van der Waals surface area contributed by atoms with Crippen LogP contribution in [0.5, 0.6) is 0 Å². The van der Waals surface area contributed by atoms with Gasteiger partial charge in [0, 0.05) is 10.7 Å². The van der Waals surface area contributed by atoms with Crippen molar-refractivity contribution in [1.82, 2.24) is 0 Å². The van der Waals surface area contributed by atoms with E-state index in [2.05, 4.69) is 10.0 Å². The Morgan fingerprint density at radius 2 is 1.48 bits per heavy atom. The van der Waals surface area contributed by atoms with Gasteiger partial charge in [0.15, 0.2) is 0 Å². The van der Waals surface area contributed by atoms with Crippen LogP contribution in [0.1, 0.15) is 5.56 Å². The molecule has 0 aliphatic carbocycles. The Kier molecular flexibility index (Phi) is 8.96. The number of benzene rings is 4. The SMILES string of the molecule is Cc1cc(Cl)ccc1N(CC(=O)Nc1ccc(S(=O)(=O)Nc2cccc(Cl)c2Cl)cc1)S(=O)(=O)c1ccccc1. The molecule has 0 aliphatic heterocycles. The first-order valence-electron chi connectivity index (χ1n) is 11.6. The van der Waals surface area contributed by atoms with Crippen LogP contribution < -0.4 is 14.3 Å². The van der Waals surface area contributed by atoms with E-state index in [0.29, 0.717) is 10.6 Å². The second kappa shape index (κ2) is 12.1. The minimum Gasteiger partial charge on any atom is -0.325 e. The second-order valence-electron chi connectivity index (χ2n) is 8.53. The van der Waals surface area contributed by atoms with E-state index < -0.39 is 32.5 Å². The van der Waals surface area contributed by atoms with E-state index in [1.54, 1.807) is 43.3 Å². The minimum atomic E-state index is -4.12. The fourth-order valence-electron chi connectivity index (χ4n) is 3.75. The van der Waals surface area contributed by atoms with Gasteiger partial charge in [-0.2, -0.15) is 0 Å². The molecule has 0 saturated carbocycles. The molecular formula is C27H22Cl3N3O5S2. The van der Waals surface area contributed by atoms with Crippen LogP contribution in [-0.4, -0.2) is 29.3 Å². The number of sulfonamides is 2. The average molecular weight is 639 g/mol. The number of amides is 1. The molecule has 0 aliphatic rings. The highest BCUT2D eigenvalue weighted by Gasteiger charge is 2.28. The summed E-state index contributed by atoms with van der Waals surface area (Å²) in [5.41, 5.74) is 1.22. The zero-order valence-corrected chi connectivity index (χ0v) is 24.7. The van der Waals surface area contributed by atoms with Crippen LogP contribution in [0.3, 0.4) is 0 Å². The number of carbonyl (C=O) groups is 1. The van der Waals surface area contributed by atoms with Gasteiger partial charge in [0.05, 0.1) is 31.2 Å². The number of aryl methyl sites for hydroxylation is 1. The number of hydrogen-bond donors (Lipinski definition) is 2. The molecule has 0 spiro atoms. The third kappa shape index (κ3) is 6.71. The largest absolute Gasteiger partial charge is 0.325 e. The summed E-state index contributed by atoms with van der Waals surface area (Å²) in [6, 6.07) is 22.3. The van der Waals surface area contributed by atoms with E-state index in [1.807, 2.05) is 0 Å². The summed E-state index contributed by atoms with van der Waals surface area (Å²) in [7, 11) is -8.13. The lowest BCUT2D eigenvalue weighted by Gasteiger charge is -2.25. The van der Waals surface area contributed by atoms with Crippen LogP contribution in [0, 0.1) is 6.92 Å². The van der Waals surface area contributed by atoms with Crippen molar-refractivity contribution in [3.63, 3.8) is 0 Å². The maximum Gasteiger partial charge on any atom is 0.264 e. The first kappa shape index (κ1) is 29.7. The topological polar surface area (TPSA) is 113 Å². The Bertz CT molecular complexity index is 1770. The molecule has 8 nitrogen and oxygen atoms in total. The molecule has 0 aromatic heterocycles. The third-order valence-electron chi connectivity index (χ3n) is 5.69. The van der Waals surface area contributed by atoms with E-state index in [1.165, 1.54) is 54.6 Å². The van der Waals surface area contributed by atoms with Crippen molar-refractivity contribution in [2.45, 2.75) is 16.7 Å². The Morgan fingerprint density at radius 1 is 0.800 bits per heavy atom. The number of halogens is 3. The second-order valence-corrected chi connectivity index (χ2v) is 13.3. The van der Waals surface area contributed by atoms with Gasteiger partial charge in [0.1, 0.15) is 6.54 Å². The number of anilines is 3. The Balaban J connectivity index is 1.55. The van der Waals surface area contributed by atoms with Crippen LogP contribution in [0.2, 0.25) is 15.1 Å². The lowest BCUT2D eigenvalue weighted by atomic mass is 10.2. The summed E-state index contributed by atoms with van der Waals surface area (Å²) in [5, 5.41) is 3.29. The molecule has 0 unspecified atom stereocenters. The standard InChI is InChI=1S/C27H22Cl3N3O5S2/c1-18-16-19(28)10-15-25(18)33(40(37,38)22-6-3-2-4-7-22)17-26(34)31-20-11-13-21(14-12-20)39(35,36)32-24-9-5-8-23(29)27(24)30/h2-16,32H,17H2,1H3,(H,31,34). The maximum atomic E-state index is 13.5. The molecule has 1 amide bonds. The smallest absolute Gasteiger partial charge is 0.264 e. The fraction of sp³-hybridized carbons (Fsp3) is 0.0741. The predicted molar refractivity (Wildman–Crippen MR) is 160 cm³/mol. The van der Waals surface area contributed by atoms with Crippen LogP contribution in [-0.2, 0) is 24.8 Å². The molecule has 208 valence electrons. The van der Waals surface area contributed by atoms with Crippen molar-refractivity contribution in [1.29, 1.82) is 0 Å². The van der Waals surface area contributed by atoms with E-state index in [-0.39, 0.29) is 36.9 Å². The van der Waals surface area contributed by atoms with Gasteiger partial charge in [-0.05, 0) is 79.2 Å². The quantitative estimate of drug-likeness (QED) is 0.215. The summed E-state index contributed by atoms with van der Waals surface area (Å²) in [4.78, 5) is 13.0. The summed E-state index contributed by atoms with van der Waals surface area (Å²) in [5.74, 6) is -0.645. The van der Waals surface area contributed by atoms with E-state index in [9.17, 15) is 21.6 Å². The molecular weight excluding hydrogens is 617 g/mol. The van der Waals surface area contributed by atoms with Gasteiger partial charge in [-0.1, -0.05) is 59.1 Å². The number of carbonyl (C=O) groups excluding carboxylic acids is 1. The summed E-state index contributed by atoms with van der Waals surface area (Å²) in [6.45, 7) is 1.14. The van der Waals surface area contributed by atoms with Crippen molar-refractivity contribution in [3.8, 4) is 0 Å². The van der Waals surface area contributed by atoms with Crippen LogP contribution in [0.4, 0.5) is 17.1 Å². The molecule has 0 radical (unpaired) electrons. The molecule has 0 saturated heterocycles. The highest BCUT2D eigenvalue weighted by molar-refractivity contribution is 7.93. The predicted octanol–water partition coefficient (Wildman–Crippen LogP) is 6.59. The molecule has 0 heterocycles. The zero-order valence-electron chi connectivity index (χ0n) is 20.8. The van der Waals surface area contributed by atoms with Crippen molar-refractivity contribution in [3.05, 3.63) is 112 Å². The van der Waals surface area contributed by atoms with Crippen molar-refractivity contribution >= 4 is 77.8 Å². The van der Waals surface area contributed by atoms with Gasteiger partial charge < -0.3 is 5.32 Å². The van der Waals surface area contributed by atoms with Gasteiger partial charge >= 0.3 is 0 Å². The molecule has 40 heavy (non-hydrogen) atoms. The lowest BCUT2D eigenvalue weighted by molar-refractivity contribution is -0.114. The van der Waals surface area contributed by atoms with Crippen LogP contribution >= 0.6 is 34.8 Å². The maximum absolute atomic E-state index is 13.5. The molecule has 0 atom stereocenters. The van der Waals surface area contributed by atoms with E-state index >= 15 is 0 Å². The minimum absolute atomic E-state index is 0.0130. The number of nitrogens with one attached hydrogen (secondary N) is 2. The van der Waals surface area contributed by atoms with Gasteiger partial charge in [0.25, 0.3) is 20.0 Å². The van der Waals surface area contributed by atoms with E-state index in [0.717, 1.165) is 4.31 Å². The number of hydrogen-bond acceptors (Lipinski definition) is 5. The first-order valence-corrected chi connectivity index (χ1v) is 15.6. The van der Waals surface area contributed by atoms with Crippen molar-refractivity contribution < 1.29 is 21.6 Å². The molecule has 4 aromatic rings. The highest BCUT2D eigenvalue weighted by Crippen LogP contribution is 2.32. The summed E-state index contributed by atoms with van der Waals surface area (Å²) < 4.78 is 56.1. The molecule has 0 fully saturated rings. The monoisotopic (exact) mass is 637 g/mol. The highest BCUT2D eigenvalue weighted by atomic mass is 35.5. The fourth-order valence-corrected chi connectivity index (χ4v) is 6.96. The zero-order chi connectivity index (χ0) is 29.1. The van der Waals surface area contributed by atoms with Gasteiger partial charge in [-0.15, -0.1) is 0 Å². The molecule has 4 aromatic carbocycles. The normalized spacial score (nSPS) is 11.6. The molecule has 2 N–H and O–H groups in total. The summed E-state index contributed by atoms with van der Waals surface area (Å²) in [6.07, 6.45) is 0. The van der Waals surface area contributed by atoms with Gasteiger partial charge in [0.2, 0.25) is 5.91 Å². The van der Waals surface area contributed by atoms with Gasteiger partial charge in [-0.25, -0.2) is 16.8 Å². The number of rotatable bonds is 9. The third-order valence-corrected chi connectivity index (χ3v) is 9.90. The Morgan fingerprint density at radius 3 is 2.12 bits per heavy atom. The Hall–Kier alpha value is -3.28.